The molecule has 1 saturated heterocycles. The number of likely N-dealkylation sites (tertiary alicyclic amines) is 1. The van der Waals surface area contributed by atoms with Crippen LogP contribution in [0.1, 0.15) is 38.5 Å². The molecule has 0 aromatic heterocycles. The van der Waals surface area contributed by atoms with Gasteiger partial charge >= 0.3 is 0 Å². The van der Waals surface area contributed by atoms with Crippen molar-refractivity contribution in [3.05, 3.63) is 12.2 Å². The summed E-state index contributed by atoms with van der Waals surface area (Å²) in [6.45, 7) is 2.99. The SMILES string of the molecule is CN=C(NCC1CC=CCC1)N1CCC(CC(=O)NC)CC1. The van der Waals surface area contributed by atoms with E-state index in [-0.39, 0.29) is 5.91 Å². The Morgan fingerprint density at radius 3 is 2.59 bits per heavy atom. The number of guanidine groups is 1. The standard InChI is InChI=1S/C17H30N4O/c1-18-16(22)12-14-8-10-21(11-9-14)17(19-2)20-13-15-6-4-3-5-7-15/h3-4,14-15H,5-13H2,1-2H3,(H,18,22)(H,19,20). The Kier molecular flexibility index (Phi) is 6.74. The quantitative estimate of drug-likeness (QED) is 0.473. The van der Waals surface area contributed by atoms with Gasteiger partial charge in [-0.2, -0.15) is 0 Å². The van der Waals surface area contributed by atoms with Crippen molar-refractivity contribution in [3.63, 3.8) is 0 Å². The first-order chi connectivity index (χ1) is 10.7. The maximum Gasteiger partial charge on any atom is 0.220 e. The van der Waals surface area contributed by atoms with E-state index < -0.39 is 0 Å². The van der Waals surface area contributed by atoms with E-state index in [1.54, 1.807) is 7.05 Å². The van der Waals surface area contributed by atoms with Gasteiger partial charge < -0.3 is 15.5 Å². The van der Waals surface area contributed by atoms with Crippen LogP contribution in [0.4, 0.5) is 0 Å². The van der Waals surface area contributed by atoms with Gasteiger partial charge in [-0.3, -0.25) is 9.79 Å². The molecule has 0 aromatic rings. The van der Waals surface area contributed by atoms with Gasteiger partial charge in [-0.25, -0.2) is 0 Å². The van der Waals surface area contributed by atoms with Crippen molar-refractivity contribution in [2.45, 2.75) is 38.5 Å². The van der Waals surface area contributed by atoms with Crippen molar-refractivity contribution >= 4 is 11.9 Å². The summed E-state index contributed by atoms with van der Waals surface area (Å²) in [6.07, 6.45) is 11.0. The van der Waals surface area contributed by atoms with Crippen molar-refractivity contribution in [2.75, 3.05) is 33.7 Å². The van der Waals surface area contributed by atoms with Crippen molar-refractivity contribution in [2.24, 2.45) is 16.8 Å². The van der Waals surface area contributed by atoms with Crippen LogP contribution in [0.2, 0.25) is 0 Å². The molecule has 1 fully saturated rings. The van der Waals surface area contributed by atoms with E-state index >= 15 is 0 Å². The lowest BCUT2D eigenvalue weighted by Gasteiger charge is -2.34. The Morgan fingerprint density at radius 1 is 1.23 bits per heavy atom. The van der Waals surface area contributed by atoms with Gasteiger partial charge in [0.05, 0.1) is 0 Å². The highest BCUT2D eigenvalue weighted by molar-refractivity contribution is 5.80. The number of piperidine rings is 1. The molecule has 0 saturated carbocycles. The third-order valence-electron chi connectivity index (χ3n) is 4.81. The average Bonchev–Trinajstić information content (AvgIpc) is 2.57. The Hall–Kier alpha value is -1.52. The molecule has 1 aliphatic carbocycles. The molecule has 0 radical (unpaired) electrons. The van der Waals surface area contributed by atoms with Crippen LogP contribution in [0.5, 0.6) is 0 Å². The van der Waals surface area contributed by atoms with Gasteiger partial charge in [0.1, 0.15) is 0 Å². The summed E-state index contributed by atoms with van der Waals surface area (Å²) in [5, 5.41) is 6.26. The molecule has 2 aliphatic rings. The van der Waals surface area contributed by atoms with Crippen LogP contribution in [0.15, 0.2) is 17.1 Å². The van der Waals surface area contributed by atoms with Crippen LogP contribution in [0, 0.1) is 11.8 Å². The number of nitrogens with one attached hydrogen (secondary N) is 2. The summed E-state index contributed by atoms with van der Waals surface area (Å²) >= 11 is 0. The molecule has 5 heteroatoms. The van der Waals surface area contributed by atoms with Gasteiger partial charge in [0.2, 0.25) is 5.91 Å². The summed E-state index contributed by atoms with van der Waals surface area (Å²) in [4.78, 5) is 18.2. The number of aliphatic imine (C=N–C) groups is 1. The van der Waals surface area contributed by atoms with Crippen LogP contribution in [-0.4, -0.2) is 50.5 Å². The number of allylic oxidation sites excluding steroid dienone is 2. The van der Waals surface area contributed by atoms with Crippen molar-refractivity contribution < 1.29 is 4.79 Å². The molecule has 5 nitrogen and oxygen atoms in total. The van der Waals surface area contributed by atoms with Gasteiger partial charge in [0, 0.05) is 40.2 Å². The molecule has 22 heavy (non-hydrogen) atoms. The second-order valence-corrected chi connectivity index (χ2v) is 6.39. The molecule has 1 amide bonds. The van der Waals surface area contributed by atoms with Crippen LogP contribution < -0.4 is 10.6 Å². The van der Waals surface area contributed by atoms with E-state index in [0.29, 0.717) is 12.3 Å². The zero-order valence-corrected chi connectivity index (χ0v) is 14.0. The van der Waals surface area contributed by atoms with Crippen LogP contribution in [-0.2, 0) is 4.79 Å². The number of carbonyl (C=O) groups is 1. The monoisotopic (exact) mass is 306 g/mol. The predicted molar refractivity (Wildman–Crippen MR) is 90.8 cm³/mol. The van der Waals surface area contributed by atoms with Crippen LogP contribution in [0.3, 0.4) is 0 Å². The number of hydrogen-bond acceptors (Lipinski definition) is 2. The van der Waals surface area contributed by atoms with E-state index in [4.69, 9.17) is 0 Å². The lowest BCUT2D eigenvalue weighted by molar-refractivity contribution is -0.121. The minimum atomic E-state index is 0.159. The second kappa shape index (κ2) is 8.81. The Labute approximate surface area is 134 Å². The first-order valence-electron chi connectivity index (χ1n) is 8.54. The number of rotatable bonds is 4. The number of nitrogens with zero attached hydrogens (tertiary/aromatic N) is 2. The number of hydrogen-bond donors (Lipinski definition) is 2. The van der Waals surface area contributed by atoms with Crippen molar-refractivity contribution in [1.82, 2.24) is 15.5 Å². The minimum absolute atomic E-state index is 0.159. The fourth-order valence-corrected chi connectivity index (χ4v) is 3.32. The molecule has 1 heterocycles. The highest BCUT2D eigenvalue weighted by Gasteiger charge is 2.23. The second-order valence-electron chi connectivity index (χ2n) is 6.39. The van der Waals surface area contributed by atoms with E-state index in [2.05, 4.69) is 32.7 Å². The molecule has 0 aromatic carbocycles. The normalized spacial score (nSPS) is 23.5. The van der Waals surface area contributed by atoms with E-state index in [1.165, 1.54) is 19.3 Å². The third-order valence-corrected chi connectivity index (χ3v) is 4.81. The molecular formula is C17H30N4O. The third kappa shape index (κ3) is 5.04. The zero-order chi connectivity index (χ0) is 15.8. The van der Waals surface area contributed by atoms with Gasteiger partial charge in [-0.15, -0.1) is 0 Å². The fourth-order valence-electron chi connectivity index (χ4n) is 3.32. The molecule has 2 N–H and O–H groups in total. The Bertz CT molecular complexity index is 411. The first kappa shape index (κ1) is 16.8. The average molecular weight is 306 g/mol. The van der Waals surface area contributed by atoms with Crippen LogP contribution >= 0.6 is 0 Å². The predicted octanol–water partition coefficient (Wildman–Crippen LogP) is 1.77. The molecule has 0 spiro atoms. The topological polar surface area (TPSA) is 56.7 Å². The fraction of sp³-hybridized carbons (Fsp3) is 0.765. The lowest BCUT2D eigenvalue weighted by Crippen LogP contribution is -2.47. The summed E-state index contributed by atoms with van der Waals surface area (Å²) < 4.78 is 0. The van der Waals surface area contributed by atoms with Gasteiger partial charge in [0.25, 0.3) is 0 Å². The molecular weight excluding hydrogens is 276 g/mol. The molecule has 1 unspecified atom stereocenters. The largest absolute Gasteiger partial charge is 0.359 e. The lowest BCUT2D eigenvalue weighted by atomic mass is 9.93. The molecule has 1 atom stereocenters. The Morgan fingerprint density at radius 2 is 2.00 bits per heavy atom. The maximum atomic E-state index is 11.5. The summed E-state index contributed by atoms with van der Waals surface area (Å²) in [5.41, 5.74) is 0. The highest BCUT2D eigenvalue weighted by Crippen LogP contribution is 2.21. The minimum Gasteiger partial charge on any atom is -0.359 e. The first-order valence-corrected chi connectivity index (χ1v) is 8.54. The summed E-state index contributed by atoms with van der Waals surface area (Å²) in [6, 6.07) is 0. The molecule has 0 bridgehead atoms. The molecule has 124 valence electrons. The smallest absolute Gasteiger partial charge is 0.220 e. The van der Waals surface area contributed by atoms with E-state index in [9.17, 15) is 4.79 Å². The number of carbonyl (C=O) groups excluding carboxylic acids is 1. The van der Waals surface area contributed by atoms with E-state index in [0.717, 1.165) is 44.4 Å². The van der Waals surface area contributed by atoms with Crippen molar-refractivity contribution in [3.8, 4) is 0 Å². The maximum absolute atomic E-state index is 11.5. The van der Waals surface area contributed by atoms with Gasteiger partial charge in [0.15, 0.2) is 5.96 Å². The highest BCUT2D eigenvalue weighted by atomic mass is 16.1. The molecule has 1 aliphatic heterocycles. The van der Waals surface area contributed by atoms with Crippen LogP contribution in [0.25, 0.3) is 0 Å². The Balaban J connectivity index is 1.73. The van der Waals surface area contributed by atoms with Gasteiger partial charge in [-0.1, -0.05) is 12.2 Å². The zero-order valence-electron chi connectivity index (χ0n) is 14.0. The van der Waals surface area contributed by atoms with Crippen molar-refractivity contribution in [1.29, 1.82) is 0 Å². The molecule has 2 rings (SSSR count). The van der Waals surface area contributed by atoms with Gasteiger partial charge in [-0.05, 0) is 43.9 Å². The summed E-state index contributed by atoms with van der Waals surface area (Å²) in [7, 11) is 3.57. The number of amides is 1. The summed E-state index contributed by atoms with van der Waals surface area (Å²) in [5.74, 6) is 2.42. The van der Waals surface area contributed by atoms with E-state index in [1.807, 2.05) is 7.05 Å².